The first-order valence-corrected chi connectivity index (χ1v) is 6.30. The van der Waals surface area contributed by atoms with Gasteiger partial charge in [-0.3, -0.25) is 4.79 Å². The molecule has 7 heteroatoms. The van der Waals surface area contributed by atoms with Crippen LogP contribution in [0.15, 0.2) is 11.8 Å². The van der Waals surface area contributed by atoms with Gasteiger partial charge in [0.15, 0.2) is 0 Å². The van der Waals surface area contributed by atoms with Crippen LogP contribution in [0.2, 0.25) is 0 Å². The van der Waals surface area contributed by atoms with Crippen molar-refractivity contribution in [3.05, 3.63) is 11.8 Å². The van der Waals surface area contributed by atoms with Crippen molar-refractivity contribution >= 4 is 11.9 Å². The lowest BCUT2D eigenvalue weighted by molar-refractivity contribution is -0.140. The van der Waals surface area contributed by atoms with E-state index >= 15 is 0 Å². The predicted molar refractivity (Wildman–Crippen MR) is 72.6 cm³/mol. The minimum atomic E-state index is -1.03. The zero-order valence-electron chi connectivity index (χ0n) is 12.0. The summed E-state index contributed by atoms with van der Waals surface area (Å²) >= 11 is 0. The van der Waals surface area contributed by atoms with Crippen LogP contribution in [0.5, 0.6) is 0 Å². The molecule has 0 bridgehead atoms. The van der Waals surface area contributed by atoms with Gasteiger partial charge in [-0.05, 0) is 12.3 Å². The molecule has 112 valence electrons. The van der Waals surface area contributed by atoms with Crippen LogP contribution in [-0.2, 0) is 14.3 Å². The standard InChI is InChI=1S/C13H21N3O4/c1-9(2)11(13(18)19)16-8-10(7-14)12(17)15-5-4-6-20-3/h8-9,11,16H,4-6H2,1-3H3,(H,15,17)(H,18,19)/b10-8-. The average Bonchev–Trinajstić information content (AvgIpc) is 2.38. The number of hydrogen-bond donors (Lipinski definition) is 3. The van der Waals surface area contributed by atoms with E-state index in [0.717, 1.165) is 6.20 Å². The number of carbonyl (C=O) groups excluding carboxylic acids is 1. The van der Waals surface area contributed by atoms with E-state index in [1.54, 1.807) is 27.0 Å². The van der Waals surface area contributed by atoms with E-state index in [9.17, 15) is 9.59 Å². The van der Waals surface area contributed by atoms with Gasteiger partial charge in [0, 0.05) is 26.5 Å². The first kappa shape index (κ1) is 17.9. The molecule has 0 aliphatic carbocycles. The lowest BCUT2D eigenvalue weighted by atomic mass is 10.1. The molecule has 7 nitrogen and oxygen atoms in total. The first-order valence-electron chi connectivity index (χ1n) is 6.30. The summed E-state index contributed by atoms with van der Waals surface area (Å²) in [6.07, 6.45) is 1.78. The number of rotatable bonds is 9. The number of ether oxygens (including phenoxy) is 1. The van der Waals surface area contributed by atoms with E-state index in [1.165, 1.54) is 0 Å². The molecule has 0 rings (SSSR count). The monoisotopic (exact) mass is 283 g/mol. The maximum absolute atomic E-state index is 11.7. The molecule has 0 radical (unpaired) electrons. The Balaban J connectivity index is 4.50. The van der Waals surface area contributed by atoms with Crippen LogP contribution in [0.3, 0.4) is 0 Å². The fourth-order valence-electron chi connectivity index (χ4n) is 1.38. The van der Waals surface area contributed by atoms with Gasteiger partial charge < -0.3 is 20.5 Å². The normalized spacial score (nSPS) is 12.7. The molecule has 0 aromatic carbocycles. The Morgan fingerprint density at radius 2 is 2.10 bits per heavy atom. The topological polar surface area (TPSA) is 111 Å². The quantitative estimate of drug-likeness (QED) is 0.317. The van der Waals surface area contributed by atoms with Gasteiger partial charge >= 0.3 is 5.97 Å². The van der Waals surface area contributed by atoms with Crippen LogP contribution >= 0.6 is 0 Å². The molecule has 0 aromatic rings. The van der Waals surface area contributed by atoms with Gasteiger partial charge in [-0.1, -0.05) is 13.8 Å². The molecular formula is C13H21N3O4. The Morgan fingerprint density at radius 1 is 1.45 bits per heavy atom. The summed E-state index contributed by atoms with van der Waals surface area (Å²) < 4.78 is 4.83. The van der Waals surface area contributed by atoms with Gasteiger partial charge in [0.2, 0.25) is 0 Å². The Kier molecular flexibility index (Phi) is 8.79. The highest BCUT2D eigenvalue weighted by molar-refractivity contribution is 5.97. The highest BCUT2D eigenvalue weighted by Crippen LogP contribution is 2.02. The second kappa shape index (κ2) is 9.81. The summed E-state index contributed by atoms with van der Waals surface area (Å²) in [5.41, 5.74) is -0.158. The number of carbonyl (C=O) groups is 2. The van der Waals surface area contributed by atoms with Gasteiger partial charge in [-0.2, -0.15) is 5.26 Å². The fraction of sp³-hybridized carbons (Fsp3) is 0.615. The SMILES string of the molecule is COCCCNC(=O)/C(C#N)=C\NC(C(=O)O)C(C)C. The number of nitriles is 1. The average molecular weight is 283 g/mol. The van der Waals surface area contributed by atoms with E-state index < -0.39 is 17.9 Å². The molecule has 0 spiro atoms. The van der Waals surface area contributed by atoms with Gasteiger partial charge in [0.1, 0.15) is 17.7 Å². The first-order chi connectivity index (χ1) is 9.43. The third-order valence-corrected chi connectivity index (χ3v) is 2.52. The van der Waals surface area contributed by atoms with E-state index in [4.69, 9.17) is 15.1 Å². The van der Waals surface area contributed by atoms with Crippen LogP contribution in [0.1, 0.15) is 20.3 Å². The van der Waals surface area contributed by atoms with Crippen molar-refractivity contribution in [1.29, 1.82) is 5.26 Å². The second-order valence-corrected chi connectivity index (χ2v) is 4.50. The molecule has 1 unspecified atom stereocenters. The summed E-state index contributed by atoms with van der Waals surface area (Å²) in [4.78, 5) is 22.6. The Hall–Kier alpha value is -2.07. The van der Waals surface area contributed by atoms with Crippen molar-refractivity contribution in [3.63, 3.8) is 0 Å². The Bertz CT molecular complexity index is 399. The zero-order valence-corrected chi connectivity index (χ0v) is 12.0. The molecule has 0 saturated heterocycles. The lowest BCUT2D eigenvalue weighted by Crippen LogP contribution is -2.38. The van der Waals surface area contributed by atoms with Gasteiger partial charge in [0.05, 0.1) is 0 Å². The number of methoxy groups -OCH3 is 1. The fourth-order valence-corrected chi connectivity index (χ4v) is 1.38. The van der Waals surface area contributed by atoms with Crippen LogP contribution in [-0.4, -0.2) is 43.3 Å². The molecule has 1 amide bonds. The van der Waals surface area contributed by atoms with Crippen molar-refractivity contribution in [2.75, 3.05) is 20.3 Å². The summed E-state index contributed by atoms with van der Waals surface area (Å²) in [6.45, 7) is 4.36. The molecule has 0 heterocycles. The maximum Gasteiger partial charge on any atom is 0.326 e. The third kappa shape index (κ3) is 6.75. The molecular weight excluding hydrogens is 262 g/mol. The van der Waals surface area contributed by atoms with Crippen molar-refractivity contribution in [2.45, 2.75) is 26.3 Å². The zero-order chi connectivity index (χ0) is 15.5. The number of carboxylic acid groups (broad SMARTS) is 1. The number of nitrogens with zero attached hydrogens (tertiary/aromatic N) is 1. The van der Waals surface area contributed by atoms with Gasteiger partial charge in [-0.25, -0.2) is 4.79 Å². The van der Waals surface area contributed by atoms with E-state index in [-0.39, 0.29) is 11.5 Å². The van der Waals surface area contributed by atoms with E-state index in [1.807, 2.05) is 0 Å². The number of hydrogen-bond acceptors (Lipinski definition) is 5. The maximum atomic E-state index is 11.7. The number of carboxylic acids is 1. The van der Waals surface area contributed by atoms with E-state index in [0.29, 0.717) is 19.6 Å². The highest BCUT2D eigenvalue weighted by Gasteiger charge is 2.20. The highest BCUT2D eigenvalue weighted by atomic mass is 16.5. The molecule has 0 saturated carbocycles. The van der Waals surface area contributed by atoms with Gasteiger partial charge in [-0.15, -0.1) is 0 Å². The van der Waals surface area contributed by atoms with Crippen LogP contribution in [0.25, 0.3) is 0 Å². The van der Waals surface area contributed by atoms with E-state index in [2.05, 4.69) is 10.6 Å². The van der Waals surface area contributed by atoms with Crippen LogP contribution in [0, 0.1) is 17.2 Å². The second-order valence-electron chi connectivity index (χ2n) is 4.50. The summed E-state index contributed by atoms with van der Waals surface area (Å²) in [5.74, 6) is -1.74. The Morgan fingerprint density at radius 3 is 2.55 bits per heavy atom. The molecule has 1 atom stereocenters. The smallest absolute Gasteiger partial charge is 0.326 e. The minimum Gasteiger partial charge on any atom is -0.480 e. The summed E-state index contributed by atoms with van der Waals surface area (Å²) in [7, 11) is 1.56. The van der Waals surface area contributed by atoms with Crippen molar-refractivity contribution < 1.29 is 19.4 Å². The molecule has 0 fully saturated rings. The molecule has 3 N–H and O–H groups in total. The number of amides is 1. The summed E-state index contributed by atoms with van der Waals surface area (Å²) in [5, 5.41) is 23.0. The van der Waals surface area contributed by atoms with Gasteiger partial charge in [0.25, 0.3) is 5.91 Å². The molecule has 0 aliphatic heterocycles. The number of nitrogens with one attached hydrogen (secondary N) is 2. The lowest BCUT2D eigenvalue weighted by Gasteiger charge is -2.16. The van der Waals surface area contributed by atoms with Crippen molar-refractivity contribution in [2.24, 2.45) is 5.92 Å². The molecule has 0 aliphatic rings. The minimum absolute atomic E-state index is 0.158. The van der Waals surface area contributed by atoms with Crippen molar-refractivity contribution in [1.82, 2.24) is 10.6 Å². The third-order valence-electron chi connectivity index (χ3n) is 2.52. The number of aliphatic carboxylic acids is 1. The summed E-state index contributed by atoms with van der Waals surface area (Å²) in [6, 6.07) is 0.891. The molecule has 0 aromatic heterocycles. The van der Waals surface area contributed by atoms with Crippen LogP contribution < -0.4 is 10.6 Å². The van der Waals surface area contributed by atoms with Crippen LogP contribution in [0.4, 0.5) is 0 Å². The predicted octanol–water partition coefficient (Wildman–Crippen LogP) is 0.245. The largest absolute Gasteiger partial charge is 0.480 e. The molecule has 20 heavy (non-hydrogen) atoms. The Labute approximate surface area is 118 Å². The van der Waals surface area contributed by atoms with Crippen molar-refractivity contribution in [3.8, 4) is 6.07 Å².